The van der Waals surface area contributed by atoms with Gasteiger partial charge in [-0.1, -0.05) is 18.2 Å². The maximum Gasteiger partial charge on any atom is 0.141 e. The molecule has 0 aliphatic heterocycles. The number of para-hydroxylation sites is 1. The average Bonchev–Trinajstić information content (AvgIpc) is 2.06. The van der Waals surface area contributed by atoms with Crippen molar-refractivity contribution in [1.29, 1.82) is 0 Å². The summed E-state index contributed by atoms with van der Waals surface area (Å²) in [7, 11) is 0. The van der Waals surface area contributed by atoms with E-state index in [1.165, 1.54) is 0 Å². The normalized spacial score (nSPS) is 8.62. The second kappa shape index (κ2) is 5.40. The van der Waals surface area contributed by atoms with E-state index in [1.54, 1.807) is 18.3 Å². The number of phenolic OH excluding ortho intramolecular Hbond substituents is 1. The molecule has 0 aliphatic rings. The van der Waals surface area contributed by atoms with E-state index >= 15 is 0 Å². The molecule has 67 valence electrons. The van der Waals surface area contributed by atoms with Crippen molar-refractivity contribution in [1.82, 2.24) is 4.98 Å². The molecule has 1 aromatic heterocycles. The standard InChI is InChI=1S/C9H7NO.Al.Pt/c11-8-5-1-3-7-4-2-6-10-9(7)8;;/h1-6,11H;;. The summed E-state index contributed by atoms with van der Waals surface area (Å²) in [6, 6.07) is 9.13. The van der Waals surface area contributed by atoms with Gasteiger partial charge in [-0.3, -0.25) is 4.98 Å². The van der Waals surface area contributed by atoms with Crippen molar-refractivity contribution in [2.24, 2.45) is 0 Å². The fourth-order valence-corrected chi connectivity index (χ4v) is 1.09. The molecule has 0 spiro atoms. The summed E-state index contributed by atoms with van der Waals surface area (Å²) in [4.78, 5) is 4.03. The minimum atomic E-state index is 0. The van der Waals surface area contributed by atoms with Gasteiger partial charge in [0.15, 0.2) is 0 Å². The Morgan fingerprint density at radius 1 is 1.08 bits per heavy atom. The first-order chi connectivity index (χ1) is 5.38. The molecule has 4 heteroatoms. The first kappa shape index (κ1) is 12.7. The van der Waals surface area contributed by atoms with Gasteiger partial charge in [-0.05, 0) is 12.1 Å². The van der Waals surface area contributed by atoms with Gasteiger partial charge in [-0.2, -0.15) is 0 Å². The molecule has 3 radical (unpaired) electrons. The Morgan fingerprint density at radius 2 is 1.77 bits per heavy atom. The fraction of sp³-hybridized carbons (Fsp3) is 0. The van der Waals surface area contributed by atoms with Gasteiger partial charge in [-0.15, -0.1) is 0 Å². The topological polar surface area (TPSA) is 33.1 Å². The van der Waals surface area contributed by atoms with Gasteiger partial charge in [0.1, 0.15) is 11.3 Å². The van der Waals surface area contributed by atoms with Crippen LogP contribution >= 0.6 is 0 Å². The van der Waals surface area contributed by atoms with Crippen LogP contribution in [-0.4, -0.2) is 27.5 Å². The molecule has 0 bridgehead atoms. The third-order valence-electron chi connectivity index (χ3n) is 1.61. The van der Waals surface area contributed by atoms with Crippen LogP contribution in [0.25, 0.3) is 10.9 Å². The Bertz CT molecular complexity index is 389. The zero-order chi connectivity index (χ0) is 7.68. The number of rotatable bonds is 0. The van der Waals surface area contributed by atoms with Crippen molar-refractivity contribution in [3.8, 4) is 5.75 Å². The number of hydrogen-bond donors (Lipinski definition) is 1. The average molecular weight is 367 g/mol. The van der Waals surface area contributed by atoms with Crippen molar-refractivity contribution in [3.05, 3.63) is 36.5 Å². The van der Waals surface area contributed by atoms with Gasteiger partial charge in [-0.25, -0.2) is 0 Å². The maximum absolute atomic E-state index is 9.31. The van der Waals surface area contributed by atoms with Gasteiger partial charge in [0.2, 0.25) is 0 Å². The van der Waals surface area contributed by atoms with Gasteiger partial charge in [0, 0.05) is 50.0 Å². The minimum Gasteiger partial charge on any atom is -0.506 e. The van der Waals surface area contributed by atoms with E-state index in [0.717, 1.165) is 5.39 Å². The summed E-state index contributed by atoms with van der Waals surface area (Å²) < 4.78 is 0. The third kappa shape index (κ3) is 2.54. The molecule has 2 rings (SSSR count). The minimum absolute atomic E-state index is 0. The molecule has 0 fully saturated rings. The monoisotopic (exact) mass is 367 g/mol. The second-order valence-corrected chi connectivity index (χ2v) is 2.35. The van der Waals surface area contributed by atoms with E-state index in [2.05, 4.69) is 4.98 Å². The van der Waals surface area contributed by atoms with Crippen molar-refractivity contribution in [2.45, 2.75) is 0 Å². The zero-order valence-electron chi connectivity index (χ0n) is 6.75. The Balaban J connectivity index is 0.000000720. The first-order valence-electron chi connectivity index (χ1n) is 3.40. The Morgan fingerprint density at radius 3 is 2.46 bits per heavy atom. The number of pyridine rings is 1. The van der Waals surface area contributed by atoms with Crippen molar-refractivity contribution < 1.29 is 26.2 Å². The SMILES string of the molecule is Oc1cccc2cccnc12.[Al].[Pt]. The van der Waals surface area contributed by atoms with E-state index in [4.69, 9.17) is 0 Å². The molecular weight excluding hydrogens is 360 g/mol. The number of phenols is 1. The molecular formula is C9H7AlNOPt. The molecule has 1 N–H and O–H groups in total. The smallest absolute Gasteiger partial charge is 0.141 e. The van der Waals surface area contributed by atoms with Crippen LogP contribution in [0.1, 0.15) is 0 Å². The first-order valence-corrected chi connectivity index (χ1v) is 3.40. The Kier molecular flexibility index (Phi) is 5.25. The molecule has 2 nitrogen and oxygen atoms in total. The van der Waals surface area contributed by atoms with E-state index in [0.29, 0.717) is 5.52 Å². The van der Waals surface area contributed by atoms with Crippen LogP contribution in [0.15, 0.2) is 36.5 Å². The maximum atomic E-state index is 9.31. The molecule has 13 heavy (non-hydrogen) atoms. The number of fused-ring (bicyclic) bond motifs is 1. The van der Waals surface area contributed by atoms with Crippen LogP contribution in [0.2, 0.25) is 0 Å². The van der Waals surface area contributed by atoms with Crippen LogP contribution < -0.4 is 0 Å². The largest absolute Gasteiger partial charge is 0.506 e. The number of benzene rings is 1. The summed E-state index contributed by atoms with van der Waals surface area (Å²) in [6.45, 7) is 0. The molecule has 0 aliphatic carbocycles. The summed E-state index contributed by atoms with van der Waals surface area (Å²) in [6.07, 6.45) is 1.67. The molecule has 0 saturated carbocycles. The van der Waals surface area contributed by atoms with Crippen LogP contribution in [-0.2, 0) is 21.1 Å². The molecule has 1 heterocycles. The van der Waals surface area contributed by atoms with E-state index in [-0.39, 0.29) is 44.2 Å². The summed E-state index contributed by atoms with van der Waals surface area (Å²) in [5.74, 6) is 0.239. The molecule has 1 aromatic carbocycles. The molecule has 0 saturated heterocycles. The molecule has 0 amide bonds. The number of nitrogens with zero attached hydrogens (tertiary/aromatic N) is 1. The quantitative estimate of drug-likeness (QED) is 0.717. The predicted octanol–water partition coefficient (Wildman–Crippen LogP) is 1.56. The number of aromatic hydroxyl groups is 1. The third-order valence-corrected chi connectivity index (χ3v) is 1.61. The summed E-state index contributed by atoms with van der Waals surface area (Å²) >= 11 is 0. The zero-order valence-corrected chi connectivity index (χ0v) is 10.2. The Hall–Kier alpha value is -0.349. The van der Waals surface area contributed by atoms with Gasteiger partial charge < -0.3 is 5.11 Å². The van der Waals surface area contributed by atoms with Crippen LogP contribution in [0, 0.1) is 0 Å². The molecule has 2 aromatic rings. The Labute approximate surface area is 101 Å². The van der Waals surface area contributed by atoms with Crippen LogP contribution in [0.3, 0.4) is 0 Å². The summed E-state index contributed by atoms with van der Waals surface area (Å²) in [5.41, 5.74) is 0.662. The van der Waals surface area contributed by atoms with Crippen molar-refractivity contribution in [2.75, 3.05) is 0 Å². The number of aromatic nitrogens is 1. The molecule has 0 unspecified atom stereocenters. The fourth-order valence-electron chi connectivity index (χ4n) is 1.09. The van der Waals surface area contributed by atoms with E-state index < -0.39 is 0 Å². The van der Waals surface area contributed by atoms with Crippen molar-refractivity contribution >= 4 is 28.3 Å². The molecule has 0 atom stereocenters. The van der Waals surface area contributed by atoms with Crippen LogP contribution in [0.4, 0.5) is 0 Å². The predicted molar refractivity (Wildman–Crippen MR) is 49.2 cm³/mol. The number of hydrogen-bond acceptors (Lipinski definition) is 2. The second-order valence-electron chi connectivity index (χ2n) is 2.35. The van der Waals surface area contributed by atoms with Gasteiger partial charge in [0.05, 0.1) is 0 Å². The van der Waals surface area contributed by atoms with Crippen LogP contribution in [0.5, 0.6) is 5.75 Å². The van der Waals surface area contributed by atoms with Crippen molar-refractivity contribution in [3.63, 3.8) is 0 Å². The van der Waals surface area contributed by atoms with E-state index in [9.17, 15) is 5.11 Å². The van der Waals surface area contributed by atoms with E-state index in [1.807, 2.05) is 18.2 Å². The summed E-state index contributed by atoms with van der Waals surface area (Å²) in [5, 5.41) is 10.3. The van der Waals surface area contributed by atoms with Gasteiger partial charge in [0.25, 0.3) is 0 Å². The van der Waals surface area contributed by atoms with Gasteiger partial charge >= 0.3 is 0 Å².